The van der Waals surface area contributed by atoms with Gasteiger partial charge in [0.2, 0.25) is 0 Å². The second-order valence-corrected chi connectivity index (χ2v) is 3.64. The lowest BCUT2D eigenvalue weighted by Gasteiger charge is -1.72. The van der Waals surface area contributed by atoms with E-state index in [9.17, 15) is 12.6 Å². The first kappa shape index (κ1) is 6.84. The Bertz CT molecular complexity index is 183. The molecule has 0 saturated carbocycles. The predicted molar refractivity (Wildman–Crippen MR) is 29.1 cm³/mol. The first-order chi connectivity index (χ1) is 3.06. The van der Waals surface area contributed by atoms with Gasteiger partial charge in [0.25, 0.3) is 0 Å². The van der Waals surface area contributed by atoms with Gasteiger partial charge in [-0.1, -0.05) is 0 Å². The van der Waals surface area contributed by atoms with Crippen molar-refractivity contribution in [3.8, 4) is 0 Å². The molecular weight excluding hydrogens is 136 g/mol. The first-order valence-electron chi connectivity index (χ1n) is 1.38. The van der Waals surface area contributed by atoms with Crippen molar-refractivity contribution < 1.29 is 12.6 Å². The summed E-state index contributed by atoms with van der Waals surface area (Å²) in [7, 11) is -3.15. The fraction of sp³-hybridized carbons (Fsp3) is 0.500. The molecule has 0 fully saturated rings. The number of hydrogen-bond donors (Lipinski definition) is 0. The lowest BCUT2D eigenvalue weighted by molar-refractivity contribution is 0.613. The molecule has 42 valence electrons. The van der Waals surface area contributed by atoms with Crippen molar-refractivity contribution in [3.63, 3.8) is 0 Å². The van der Waals surface area contributed by atoms with Gasteiger partial charge in [0.05, 0.1) is 0 Å². The molecule has 0 aliphatic heterocycles. The molecule has 0 aromatic rings. The molecule has 0 saturated heterocycles. The van der Waals surface area contributed by atoms with Gasteiger partial charge in [-0.2, -0.15) is 0 Å². The number of sulfone groups is 1. The second-order valence-electron chi connectivity index (χ2n) is 1.02. The summed E-state index contributed by atoms with van der Waals surface area (Å²) < 4.78 is 30.0. The van der Waals surface area contributed by atoms with E-state index in [1.807, 2.05) is 0 Å². The molecule has 0 aromatic heterocycles. The summed E-state index contributed by atoms with van der Waals surface area (Å²) in [6.45, 7) is 0. The quantitative estimate of drug-likeness (QED) is 0.439. The molecule has 0 aliphatic rings. The standard InChI is InChI=1S/C2H4O3S2/c1-7(4,5)2-6-3/h2H,1H3. The molecule has 5 heteroatoms. The highest BCUT2D eigenvalue weighted by Crippen LogP contribution is 1.67. The monoisotopic (exact) mass is 140 g/mol. The number of hydrogen-bond acceptors (Lipinski definition) is 3. The summed E-state index contributed by atoms with van der Waals surface area (Å²) in [4.78, 5) is 0. The summed E-state index contributed by atoms with van der Waals surface area (Å²) in [5, 5.41) is 0. The van der Waals surface area contributed by atoms with Crippen molar-refractivity contribution in [2.75, 3.05) is 6.26 Å². The van der Waals surface area contributed by atoms with E-state index >= 15 is 0 Å². The predicted octanol–water partition coefficient (Wildman–Crippen LogP) is -0.996. The maximum atomic E-state index is 9.95. The SMILES string of the molecule is CS(=O)(=O)C=S=O. The van der Waals surface area contributed by atoms with E-state index in [0.29, 0.717) is 4.70 Å². The van der Waals surface area contributed by atoms with Crippen LogP contribution in [-0.4, -0.2) is 23.6 Å². The van der Waals surface area contributed by atoms with Gasteiger partial charge in [-0.25, -0.2) is 12.6 Å². The van der Waals surface area contributed by atoms with E-state index in [1.165, 1.54) is 0 Å². The maximum absolute atomic E-state index is 9.95. The molecule has 0 bridgehead atoms. The average Bonchev–Trinajstić information content (AvgIpc) is 1.30. The molecule has 3 nitrogen and oxygen atoms in total. The van der Waals surface area contributed by atoms with Gasteiger partial charge in [-0.05, 0) is 0 Å². The Morgan fingerprint density at radius 3 is 2.00 bits per heavy atom. The van der Waals surface area contributed by atoms with Gasteiger partial charge in [0, 0.05) is 6.26 Å². The van der Waals surface area contributed by atoms with E-state index < -0.39 is 9.84 Å². The van der Waals surface area contributed by atoms with E-state index in [-0.39, 0.29) is 11.3 Å². The van der Waals surface area contributed by atoms with Gasteiger partial charge in [-0.15, -0.1) is 0 Å². The van der Waals surface area contributed by atoms with Crippen LogP contribution in [0.25, 0.3) is 0 Å². The van der Waals surface area contributed by atoms with E-state index in [1.54, 1.807) is 0 Å². The fourth-order valence-corrected chi connectivity index (χ4v) is 0.642. The Morgan fingerprint density at radius 1 is 1.57 bits per heavy atom. The van der Waals surface area contributed by atoms with Gasteiger partial charge in [0.1, 0.15) is 16.0 Å². The van der Waals surface area contributed by atoms with E-state index in [2.05, 4.69) is 0 Å². The van der Waals surface area contributed by atoms with Crippen molar-refractivity contribution in [1.82, 2.24) is 0 Å². The van der Waals surface area contributed by atoms with Crippen LogP contribution in [0.2, 0.25) is 0 Å². The van der Waals surface area contributed by atoms with Crippen LogP contribution < -0.4 is 0 Å². The zero-order chi connectivity index (χ0) is 5.91. The smallest absolute Gasteiger partial charge is 0.181 e. The highest BCUT2D eigenvalue weighted by molar-refractivity contribution is 8.11. The van der Waals surface area contributed by atoms with Crippen LogP contribution in [0.1, 0.15) is 0 Å². The molecule has 0 spiro atoms. The lowest BCUT2D eigenvalue weighted by Crippen LogP contribution is -1.94. The second kappa shape index (κ2) is 2.23. The third-order valence-electron chi connectivity index (χ3n) is 0.214. The van der Waals surface area contributed by atoms with Gasteiger partial charge in [-0.3, -0.25) is 0 Å². The summed E-state index contributed by atoms with van der Waals surface area (Å²) in [5.74, 6) is 0. The maximum Gasteiger partial charge on any atom is 0.181 e. The molecule has 0 unspecified atom stereocenters. The zero-order valence-corrected chi connectivity index (χ0v) is 5.25. The van der Waals surface area contributed by atoms with Crippen molar-refractivity contribution in [2.24, 2.45) is 0 Å². The highest BCUT2D eigenvalue weighted by Gasteiger charge is 1.89. The van der Waals surface area contributed by atoms with Crippen molar-refractivity contribution in [2.45, 2.75) is 0 Å². The molecule has 7 heavy (non-hydrogen) atoms. The summed E-state index contributed by atoms with van der Waals surface area (Å²) in [5.41, 5.74) is 0. The summed E-state index contributed by atoms with van der Waals surface area (Å²) in [6, 6.07) is 0. The highest BCUT2D eigenvalue weighted by atomic mass is 32.2. The van der Waals surface area contributed by atoms with Gasteiger partial charge in [0.15, 0.2) is 9.84 Å². The Balaban J connectivity index is 4.44. The molecule has 0 aliphatic carbocycles. The topological polar surface area (TPSA) is 51.2 Å². The van der Waals surface area contributed by atoms with Crippen molar-refractivity contribution in [3.05, 3.63) is 0 Å². The summed E-state index contributed by atoms with van der Waals surface area (Å²) >= 11 is -0.0544. The third-order valence-corrected chi connectivity index (χ3v) is 1.93. The van der Waals surface area contributed by atoms with E-state index in [0.717, 1.165) is 6.26 Å². The van der Waals surface area contributed by atoms with Crippen LogP contribution in [-0.2, 0) is 21.1 Å². The Hall–Kier alpha value is -0.160. The minimum absolute atomic E-state index is 0.0544. The summed E-state index contributed by atoms with van der Waals surface area (Å²) in [6.07, 6.45) is 0.970. The molecule has 0 amide bonds. The lowest BCUT2D eigenvalue weighted by atomic mass is 11.9. The normalized spacial score (nSPS) is 10.4. The largest absolute Gasteiger partial charge is 0.224 e. The Kier molecular flexibility index (Phi) is 2.17. The minimum atomic E-state index is -3.15. The van der Waals surface area contributed by atoms with E-state index in [4.69, 9.17) is 0 Å². The van der Waals surface area contributed by atoms with Gasteiger partial charge >= 0.3 is 0 Å². The average molecular weight is 140 g/mol. The molecule has 0 atom stereocenters. The van der Waals surface area contributed by atoms with Crippen LogP contribution in [0.4, 0.5) is 0 Å². The molecule has 0 N–H and O–H groups in total. The minimum Gasteiger partial charge on any atom is -0.224 e. The van der Waals surface area contributed by atoms with Crippen LogP contribution in [0.5, 0.6) is 0 Å². The van der Waals surface area contributed by atoms with Crippen LogP contribution in [0, 0.1) is 0 Å². The van der Waals surface area contributed by atoms with Crippen LogP contribution in [0.15, 0.2) is 0 Å². The van der Waals surface area contributed by atoms with Crippen LogP contribution in [0.3, 0.4) is 0 Å². The Morgan fingerprint density at radius 2 is 2.00 bits per heavy atom. The molecular formula is C2H4O3S2. The third kappa shape index (κ3) is 5.84. The fourth-order valence-electron chi connectivity index (χ4n) is 0.0714. The Labute approximate surface area is 45.3 Å². The number of rotatable bonds is 1. The molecule has 0 rings (SSSR count). The van der Waals surface area contributed by atoms with Gasteiger partial charge < -0.3 is 0 Å². The van der Waals surface area contributed by atoms with Crippen LogP contribution >= 0.6 is 0 Å². The molecule has 0 aromatic carbocycles. The van der Waals surface area contributed by atoms with Crippen molar-refractivity contribution in [1.29, 1.82) is 0 Å². The van der Waals surface area contributed by atoms with Crippen molar-refractivity contribution >= 4 is 25.8 Å². The zero-order valence-electron chi connectivity index (χ0n) is 3.62. The first-order valence-corrected chi connectivity index (χ1v) is 4.14. The molecule has 0 radical (unpaired) electrons. The molecule has 0 heterocycles.